The monoisotopic (exact) mass is 308 g/mol. The molecular weight excluding hydrogens is 295 g/mol. The Kier molecular flexibility index (Phi) is 4.64. The van der Waals surface area contributed by atoms with E-state index >= 15 is 0 Å². The lowest BCUT2D eigenvalue weighted by Crippen LogP contribution is -2.39. The Morgan fingerprint density at radius 3 is 2.90 bits per heavy atom. The predicted molar refractivity (Wildman–Crippen MR) is 76.5 cm³/mol. The molecule has 0 bridgehead atoms. The third-order valence-corrected chi connectivity index (χ3v) is 3.65. The molecule has 0 aliphatic rings. The maximum Gasteiger partial charge on any atom is 0.325 e. The summed E-state index contributed by atoms with van der Waals surface area (Å²) in [6.07, 6.45) is -0.0105. The molecule has 0 saturated carbocycles. The first kappa shape index (κ1) is 15.1. The van der Waals surface area contributed by atoms with Crippen LogP contribution in [0.3, 0.4) is 0 Å². The van der Waals surface area contributed by atoms with Crippen LogP contribution in [0.5, 0.6) is 0 Å². The number of carboxylic acids is 1. The van der Waals surface area contributed by atoms with Gasteiger partial charge in [-0.2, -0.15) is 0 Å². The van der Waals surface area contributed by atoms with Gasteiger partial charge >= 0.3 is 5.97 Å². The quantitative estimate of drug-likeness (QED) is 0.886. The van der Waals surface area contributed by atoms with Crippen molar-refractivity contribution in [2.45, 2.75) is 19.4 Å². The zero-order valence-corrected chi connectivity index (χ0v) is 12.0. The van der Waals surface area contributed by atoms with Crippen LogP contribution in [0.4, 0.5) is 4.39 Å². The lowest BCUT2D eigenvalue weighted by molar-refractivity contribution is -0.141. The fraction of sp³-hybridized carbons (Fsp3) is 0.214. The fourth-order valence-electron chi connectivity index (χ4n) is 1.66. The number of hydrogen-bond donors (Lipinski definition) is 2. The Labute approximate surface area is 124 Å². The van der Waals surface area contributed by atoms with Crippen LogP contribution in [-0.2, 0) is 16.0 Å². The molecule has 0 radical (unpaired) electrons. The Bertz CT molecular complexity index is 672. The molecule has 2 N–H and O–H groups in total. The second-order valence-corrected chi connectivity index (χ2v) is 5.32. The summed E-state index contributed by atoms with van der Waals surface area (Å²) in [4.78, 5) is 26.6. The molecule has 1 aromatic heterocycles. The van der Waals surface area contributed by atoms with E-state index in [-0.39, 0.29) is 12.2 Å². The standard InChI is InChI=1S/C14H13FN2O3S/c1-8(14(19)20)16-12(18)6-11-7-21-13(17-11)9-3-2-4-10(15)5-9/h2-5,7-8H,6H2,1H3,(H,16,18)(H,19,20)/t8-/m0/s1. The molecule has 1 atom stereocenters. The van der Waals surface area contributed by atoms with Gasteiger partial charge in [-0.05, 0) is 19.1 Å². The molecule has 7 heteroatoms. The lowest BCUT2D eigenvalue weighted by Gasteiger charge is -2.07. The SMILES string of the molecule is C[C@H](NC(=O)Cc1csc(-c2cccc(F)c2)n1)C(=O)O. The zero-order valence-electron chi connectivity index (χ0n) is 11.2. The van der Waals surface area contributed by atoms with Gasteiger partial charge in [-0.25, -0.2) is 9.37 Å². The summed E-state index contributed by atoms with van der Waals surface area (Å²) in [6.45, 7) is 1.39. The highest BCUT2D eigenvalue weighted by molar-refractivity contribution is 7.13. The minimum Gasteiger partial charge on any atom is -0.480 e. The lowest BCUT2D eigenvalue weighted by atomic mass is 10.2. The van der Waals surface area contributed by atoms with Crippen LogP contribution in [0.2, 0.25) is 0 Å². The molecule has 0 fully saturated rings. The average Bonchev–Trinajstić information content (AvgIpc) is 2.86. The highest BCUT2D eigenvalue weighted by atomic mass is 32.1. The van der Waals surface area contributed by atoms with Crippen molar-refractivity contribution in [2.75, 3.05) is 0 Å². The highest BCUT2D eigenvalue weighted by Crippen LogP contribution is 2.24. The number of rotatable bonds is 5. The number of carboxylic acid groups (broad SMARTS) is 1. The summed E-state index contributed by atoms with van der Waals surface area (Å²) in [5.41, 5.74) is 1.17. The molecule has 1 aromatic carbocycles. The first-order valence-corrected chi connectivity index (χ1v) is 7.06. The average molecular weight is 308 g/mol. The van der Waals surface area contributed by atoms with E-state index in [1.54, 1.807) is 17.5 Å². The Morgan fingerprint density at radius 2 is 2.24 bits per heavy atom. The van der Waals surface area contributed by atoms with Crippen LogP contribution in [0.15, 0.2) is 29.6 Å². The van der Waals surface area contributed by atoms with E-state index in [2.05, 4.69) is 10.3 Å². The van der Waals surface area contributed by atoms with Crippen molar-refractivity contribution in [3.63, 3.8) is 0 Å². The molecule has 0 unspecified atom stereocenters. The van der Waals surface area contributed by atoms with E-state index in [0.29, 0.717) is 16.3 Å². The van der Waals surface area contributed by atoms with Crippen molar-refractivity contribution in [1.29, 1.82) is 0 Å². The minimum atomic E-state index is -1.10. The number of hydrogen-bond acceptors (Lipinski definition) is 4. The van der Waals surface area contributed by atoms with Gasteiger partial charge in [0, 0.05) is 10.9 Å². The van der Waals surface area contributed by atoms with Crippen LogP contribution >= 0.6 is 11.3 Å². The normalized spacial score (nSPS) is 11.9. The van der Waals surface area contributed by atoms with E-state index in [1.807, 2.05) is 0 Å². The molecular formula is C14H13FN2O3S. The zero-order chi connectivity index (χ0) is 15.4. The molecule has 2 rings (SSSR count). The molecule has 5 nitrogen and oxygen atoms in total. The number of carbonyl (C=O) groups is 2. The number of nitrogens with one attached hydrogen (secondary N) is 1. The van der Waals surface area contributed by atoms with E-state index in [4.69, 9.17) is 5.11 Å². The molecule has 2 aromatic rings. The molecule has 0 aliphatic carbocycles. The second kappa shape index (κ2) is 6.45. The third kappa shape index (κ3) is 4.09. The fourth-order valence-corrected chi connectivity index (χ4v) is 2.48. The van der Waals surface area contributed by atoms with Crippen LogP contribution in [0.25, 0.3) is 10.6 Å². The van der Waals surface area contributed by atoms with Gasteiger partial charge in [-0.15, -0.1) is 11.3 Å². The van der Waals surface area contributed by atoms with Gasteiger partial charge in [0.15, 0.2) is 0 Å². The van der Waals surface area contributed by atoms with Gasteiger partial charge in [0.25, 0.3) is 0 Å². The minimum absolute atomic E-state index is 0.0105. The number of benzene rings is 1. The van der Waals surface area contributed by atoms with Crippen molar-refractivity contribution in [3.05, 3.63) is 41.2 Å². The molecule has 110 valence electrons. The number of halogens is 1. The smallest absolute Gasteiger partial charge is 0.325 e. The summed E-state index contributed by atoms with van der Waals surface area (Å²) in [6, 6.07) is 5.10. The molecule has 1 heterocycles. The molecule has 1 amide bonds. The Hall–Kier alpha value is -2.28. The second-order valence-electron chi connectivity index (χ2n) is 4.46. The summed E-state index contributed by atoms with van der Waals surface area (Å²) >= 11 is 1.30. The number of aromatic nitrogens is 1. The van der Waals surface area contributed by atoms with Gasteiger partial charge in [0.05, 0.1) is 12.1 Å². The van der Waals surface area contributed by atoms with Crippen molar-refractivity contribution in [1.82, 2.24) is 10.3 Å². The molecule has 21 heavy (non-hydrogen) atoms. The van der Waals surface area contributed by atoms with Crippen molar-refractivity contribution in [3.8, 4) is 10.6 Å². The maximum absolute atomic E-state index is 13.1. The third-order valence-electron chi connectivity index (χ3n) is 2.71. The number of carbonyl (C=O) groups excluding carboxylic acids is 1. The van der Waals surface area contributed by atoms with E-state index < -0.39 is 17.9 Å². The van der Waals surface area contributed by atoms with Crippen LogP contribution in [0, 0.1) is 5.82 Å². The van der Waals surface area contributed by atoms with Crippen LogP contribution in [0.1, 0.15) is 12.6 Å². The number of nitrogens with zero attached hydrogens (tertiary/aromatic N) is 1. The van der Waals surface area contributed by atoms with Gasteiger partial charge in [0.2, 0.25) is 5.91 Å². The van der Waals surface area contributed by atoms with Crippen LogP contribution in [-0.4, -0.2) is 28.0 Å². The van der Waals surface area contributed by atoms with Gasteiger partial charge in [0.1, 0.15) is 16.9 Å². The van der Waals surface area contributed by atoms with E-state index in [1.165, 1.54) is 30.4 Å². The van der Waals surface area contributed by atoms with Gasteiger partial charge in [-0.3, -0.25) is 9.59 Å². The van der Waals surface area contributed by atoms with Crippen molar-refractivity contribution in [2.24, 2.45) is 0 Å². The van der Waals surface area contributed by atoms with Gasteiger partial charge in [-0.1, -0.05) is 12.1 Å². The Morgan fingerprint density at radius 1 is 1.48 bits per heavy atom. The van der Waals surface area contributed by atoms with E-state index in [9.17, 15) is 14.0 Å². The predicted octanol–water partition coefficient (Wildman–Crippen LogP) is 2.08. The molecule has 0 saturated heterocycles. The largest absolute Gasteiger partial charge is 0.480 e. The molecule has 0 spiro atoms. The van der Waals surface area contributed by atoms with Crippen molar-refractivity contribution >= 4 is 23.2 Å². The summed E-state index contributed by atoms with van der Waals surface area (Å²) in [5, 5.41) is 13.4. The Balaban J connectivity index is 2.03. The van der Waals surface area contributed by atoms with Crippen molar-refractivity contribution < 1.29 is 19.1 Å². The topological polar surface area (TPSA) is 79.3 Å². The number of amides is 1. The maximum atomic E-state index is 13.1. The summed E-state index contributed by atoms with van der Waals surface area (Å²) < 4.78 is 13.1. The number of aliphatic carboxylic acids is 1. The highest BCUT2D eigenvalue weighted by Gasteiger charge is 2.15. The molecule has 0 aliphatic heterocycles. The summed E-state index contributed by atoms with van der Waals surface area (Å²) in [7, 11) is 0. The van der Waals surface area contributed by atoms with Gasteiger partial charge < -0.3 is 10.4 Å². The van der Waals surface area contributed by atoms with Crippen LogP contribution < -0.4 is 5.32 Å². The summed E-state index contributed by atoms with van der Waals surface area (Å²) in [5.74, 6) is -1.86. The number of thiazole rings is 1. The van der Waals surface area contributed by atoms with E-state index in [0.717, 1.165) is 0 Å². The first-order valence-electron chi connectivity index (χ1n) is 6.18. The first-order chi connectivity index (χ1) is 9.95.